The Morgan fingerprint density at radius 3 is 1.75 bits per heavy atom. The second kappa shape index (κ2) is 4.41. The lowest BCUT2D eigenvalue weighted by Crippen LogP contribution is -3.00. The molecular weight excluding hydrogens is 202 g/mol. The lowest BCUT2D eigenvalue weighted by Gasteiger charge is -2.25. The highest BCUT2D eigenvalue weighted by Gasteiger charge is 2.23. The van der Waals surface area contributed by atoms with Gasteiger partial charge in [0.15, 0.2) is 0 Å². The monoisotopic (exact) mass is 217 g/mol. The van der Waals surface area contributed by atoms with Crippen LogP contribution in [0.1, 0.15) is 6.92 Å². The van der Waals surface area contributed by atoms with E-state index in [1.165, 1.54) is 6.92 Å². The average molecular weight is 218 g/mol. The molecule has 0 aliphatic carbocycles. The van der Waals surface area contributed by atoms with Crippen molar-refractivity contribution in [1.82, 2.24) is 0 Å². The normalized spacial score (nSPS) is 15.1. The molecule has 0 aromatic carbocycles. The van der Waals surface area contributed by atoms with Gasteiger partial charge in [0.1, 0.15) is 5.25 Å². The van der Waals surface area contributed by atoms with Crippen LogP contribution in [0.3, 0.4) is 0 Å². The predicted octanol–water partition coefficient (Wildman–Crippen LogP) is -3.03. The Labute approximate surface area is 80.3 Å². The van der Waals surface area contributed by atoms with Gasteiger partial charge in [-0.1, -0.05) is 0 Å². The summed E-state index contributed by atoms with van der Waals surface area (Å²) in [6.45, 7) is 1.91. The molecule has 0 heterocycles. The van der Waals surface area contributed by atoms with Crippen molar-refractivity contribution in [3.8, 4) is 0 Å². The van der Waals surface area contributed by atoms with Gasteiger partial charge in [0.2, 0.25) is 0 Å². The van der Waals surface area contributed by atoms with E-state index in [1.807, 2.05) is 21.1 Å². The van der Waals surface area contributed by atoms with Crippen LogP contribution in [0.2, 0.25) is 0 Å². The fraction of sp³-hybridized carbons (Fsp3) is 1.00. The Hall–Kier alpha value is 0.160. The molecule has 1 unspecified atom stereocenters. The molecule has 0 saturated carbocycles. The number of quaternary nitrogens is 1. The minimum Gasteiger partial charge on any atom is -1.00 e. The van der Waals surface area contributed by atoms with Gasteiger partial charge in [0, 0.05) is 0 Å². The van der Waals surface area contributed by atoms with Crippen molar-refractivity contribution >= 4 is 10.1 Å². The van der Waals surface area contributed by atoms with E-state index in [9.17, 15) is 8.42 Å². The van der Waals surface area contributed by atoms with Crippen LogP contribution < -0.4 is 12.4 Å². The van der Waals surface area contributed by atoms with Crippen molar-refractivity contribution < 1.29 is 29.9 Å². The number of hydrogen-bond donors (Lipinski definition) is 1. The summed E-state index contributed by atoms with van der Waals surface area (Å²) in [5.41, 5.74) is 0. The van der Waals surface area contributed by atoms with E-state index in [0.29, 0.717) is 11.0 Å². The Morgan fingerprint density at radius 1 is 1.33 bits per heavy atom. The quantitative estimate of drug-likeness (QED) is 0.404. The van der Waals surface area contributed by atoms with Crippen molar-refractivity contribution in [3.05, 3.63) is 0 Å². The van der Waals surface area contributed by atoms with Crippen molar-refractivity contribution in [2.75, 3.05) is 27.7 Å². The molecule has 1 N–H and O–H groups in total. The lowest BCUT2D eigenvalue weighted by molar-refractivity contribution is -0.869. The van der Waals surface area contributed by atoms with Crippen LogP contribution in [-0.4, -0.2) is 50.4 Å². The third-order valence-corrected chi connectivity index (χ3v) is 2.48. The number of halogens is 1. The zero-order valence-corrected chi connectivity index (χ0v) is 9.35. The molecule has 0 bridgehead atoms. The number of rotatable bonds is 3. The molecule has 76 valence electrons. The second-order valence-corrected chi connectivity index (χ2v) is 5.63. The average Bonchev–Trinajstić information content (AvgIpc) is 1.56. The Bertz CT molecular complexity index is 219. The van der Waals surface area contributed by atoms with Gasteiger partial charge in [-0.25, -0.2) is 0 Å². The van der Waals surface area contributed by atoms with E-state index in [4.69, 9.17) is 4.55 Å². The highest BCUT2D eigenvalue weighted by molar-refractivity contribution is 7.86. The molecule has 4 nitrogen and oxygen atoms in total. The fourth-order valence-corrected chi connectivity index (χ4v) is 1.50. The summed E-state index contributed by atoms with van der Waals surface area (Å²) in [5, 5.41) is -0.692. The van der Waals surface area contributed by atoms with Crippen LogP contribution in [0.5, 0.6) is 0 Å². The molecule has 6 heteroatoms. The van der Waals surface area contributed by atoms with Crippen molar-refractivity contribution in [3.63, 3.8) is 0 Å². The molecule has 0 aromatic rings. The van der Waals surface area contributed by atoms with Gasteiger partial charge in [-0.3, -0.25) is 4.55 Å². The third-order valence-electron chi connectivity index (χ3n) is 1.31. The summed E-state index contributed by atoms with van der Waals surface area (Å²) in [6, 6.07) is 0. The zero-order valence-electron chi connectivity index (χ0n) is 7.78. The van der Waals surface area contributed by atoms with Gasteiger partial charge in [0.05, 0.1) is 27.7 Å². The summed E-state index contributed by atoms with van der Waals surface area (Å²) in [5.74, 6) is 0. The maximum Gasteiger partial charge on any atom is 0.273 e. The maximum absolute atomic E-state index is 10.6. The molecule has 0 saturated heterocycles. The molecule has 0 radical (unpaired) electrons. The van der Waals surface area contributed by atoms with Crippen LogP contribution >= 0.6 is 0 Å². The fourth-order valence-electron chi connectivity index (χ4n) is 0.866. The summed E-state index contributed by atoms with van der Waals surface area (Å²) in [7, 11) is 1.78. The van der Waals surface area contributed by atoms with Crippen molar-refractivity contribution in [2.24, 2.45) is 0 Å². The molecule has 0 rings (SSSR count). The topological polar surface area (TPSA) is 54.4 Å². The molecule has 0 aliphatic rings. The van der Waals surface area contributed by atoms with Crippen LogP contribution in [0, 0.1) is 0 Å². The summed E-state index contributed by atoms with van der Waals surface area (Å²) < 4.78 is 30.2. The number of nitrogens with zero attached hydrogens (tertiary/aromatic N) is 1. The summed E-state index contributed by atoms with van der Waals surface area (Å²) in [6.07, 6.45) is 0. The molecule has 0 aliphatic heterocycles. The van der Waals surface area contributed by atoms with E-state index in [1.54, 1.807) is 0 Å². The van der Waals surface area contributed by atoms with E-state index in [0.717, 1.165) is 0 Å². The van der Waals surface area contributed by atoms with Crippen molar-refractivity contribution in [1.29, 1.82) is 0 Å². The maximum atomic E-state index is 10.6. The first-order valence-electron chi connectivity index (χ1n) is 3.40. The first kappa shape index (κ1) is 14.7. The SMILES string of the molecule is CC(C[N+](C)(C)C)S(=O)(=O)O.[Cl-]. The minimum atomic E-state index is -3.85. The highest BCUT2D eigenvalue weighted by Crippen LogP contribution is 2.02. The third kappa shape index (κ3) is 6.84. The van der Waals surface area contributed by atoms with Crippen LogP contribution in [0.15, 0.2) is 0 Å². The highest BCUT2D eigenvalue weighted by atomic mass is 35.5. The van der Waals surface area contributed by atoms with Gasteiger partial charge in [-0.05, 0) is 6.92 Å². The van der Waals surface area contributed by atoms with E-state index in [2.05, 4.69) is 0 Å². The van der Waals surface area contributed by atoms with Gasteiger partial charge < -0.3 is 16.9 Å². The van der Waals surface area contributed by atoms with Crippen LogP contribution in [0.25, 0.3) is 0 Å². The Morgan fingerprint density at radius 2 is 1.67 bits per heavy atom. The lowest BCUT2D eigenvalue weighted by atomic mass is 10.4. The van der Waals surface area contributed by atoms with Crippen molar-refractivity contribution in [2.45, 2.75) is 12.2 Å². The Balaban J connectivity index is 0. The second-order valence-electron chi connectivity index (χ2n) is 3.80. The molecule has 0 amide bonds. The smallest absolute Gasteiger partial charge is 0.273 e. The molecule has 0 fully saturated rings. The first-order chi connectivity index (χ1) is 4.63. The zero-order chi connectivity index (χ0) is 9.28. The summed E-state index contributed by atoms with van der Waals surface area (Å²) >= 11 is 0. The molecular formula is C6H16ClNO3S. The van der Waals surface area contributed by atoms with Gasteiger partial charge in [0.25, 0.3) is 10.1 Å². The molecule has 1 atom stereocenters. The standard InChI is InChI=1S/C6H15NO3S.ClH/c1-6(11(8,9)10)5-7(2,3)4;/h6H,5H2,1-4H3;1H. The largest absolute Gasteiger partial charge is 1.00 e. The van der Waals surface area contributed by atoms with Crippen LogP contribution in [0.4, 0.5) is 0 Å². The van der Waals surface area contributed by atoms with Gasteiger partial charge >= 0.3 is 0 Å². The summed E-state index contributed by atoms with van der Waals surface area (Å²) in [4.78, 5) is 0. The molecule has 12 heavy (non-hydrogen) atoms. The van der Waals surface area contributed by atoms with Crippen LogP contribution in [-0.2, 0) is 10.1 Å². The predicted molar refractivity (Wildman–Crippen MR) is 43.9 cm³/mol. The van der Waals surface area contributed by atoms with E-state index >= 15 is 0 Å². The minimum absolute atomic E-state index is 0. The van der Waals surface area contributed by atoms with Gasteiger partial charge in [-0.2, -0.15) is 8.42 Å². The van der Waals surface area contributed by atoms with E-state index < -0.39 is 15.4 Å². The first-order valence-corrected chi connectivity index (χ1v) is 4.90. The molecule has 0 aromatic heterocycles. The van der Waals surface area contributed by atoms with Gasteiger partial charge in [-0.15, -0.1) is 0 Å². The number of hydrogen-bond acceptors (Lipinski definition) is 2. The van der Waals surface area contributed by atoms with E-state index in [-0.39, 0.29) is 12.4 Å². The Kier molecular flexibility index (Phi) is 5.39. The molecule has 0 spiro atoms.